The van der Waals surface area contributed by atoms with Gasteiger partial charge in [-0.05, 0) is 0 Å². The first-order valence-corrected chi connectivity index (χ1v) is 3.82. The molecule has 0 bridgehead atoms. The molecule has 84 valence electrons. The van der Waals surface area contributed by atoms with Crippen LogP contribution < -0.4 is 5.11 Å². The molecule has 0 aliphatic heterocycles. The first-order valence-electron chi connectivity index (χ1n) is 3.82. The van der Waals surface area contributed by atoms with Crippen LogP contribution in [0.5, 0.6) is 0 Å². The van der Waals surface area contributed by atoms with Gasteiger partial charge in [0.15, 0.2) is 0 Å². The van der Waals surface area contributed by atoms with Gasteiger partial charge < -0.3 is 14.6 Å². The zero-order valence-electron chi connectivity index (χ0n) is 7.36. The highest BCUT2D eigenvalue weighted by Gasteiger charge is 2.54. The van der Waals surface area contributed by atoms with Crippen LogP contribution in [0.3, 0.4) is 0 Å². The van der Waals surface area contributed by atoms with Crippen LogP contribution in [0.1, 0.15) is 19.8 Å². The third-order valence-electron chi connectivity index (χ3n) is 1.47. The molecule has 0 amide bonds. The Morgan fingerprint density at radius 1 is 1.29 bits per heavy atom. The van der Waals surface area contributed by atoms with E-state index in [2.05, 4.69) is 4.74 Å². The summed E-state index contributed by atoms with van der Waals surface area (Å²) in [4.78, 5) is 9.62. The van der Waals surface area contributed by atoms with Crippen molar-refractivity contribution in [3.63, 3.8) is 0 Å². The molecule has 0 aromatic heterocycles. The highest BCUT2D eigenvalue weighted by Crippen LogP contribution is 2.37. The predicted octanol–water partition coefficient (Wildman–Crippen LogP) is 1.42. The van der Waals surface area contributed by atoms with Gasteiger partial charge >= 0.3 is 11.8 Å². The summed E-state index contributed by atoms with van der Waals surface area (Å²) < 4.78 is 53.7. The molecule has 0 saturated heterocycles. The molecule has 0 aliphatic carbocycles. The zero-order valence-corrected chi connectivity index (χ0v) is 7.36. The lowest BCUT2D eigenvalue weighted by Crippen LogP contribution is -2.45. The number of hydrogen-bond donors (Lipinski definition) is 0. The van der Waals surface area contributed by atoms with Crippen LogP contribution in [0.4, 0.5) is 22.4 Å². The molecule has 0 heterocycles. The van der Waals surface area contributed by atoms with Crippen molar-refractivity contribution < 1.29 is 32.2 Å². The van der Waals surface area contributed by atoms with E-state index in [9.17, 15) is 27.5 Å². The standard InChI is InChI=1S/C7H10F4O3/c1-2-3-6(8,9)7(10,11)4-14-5(12)13/h2-4H2,1H3,(H,12,13)/p-1. The van der Waals surface area contributed by atoms with Gasteiger partial charge in [0.2, 0.25) is 0 Å². The van der Waals surface area contributed by atoms with E-state index in [0.29, 0.717) is 0 Å². The lowest BCUT2D eigenvalue weighted by atomic mass is 10.1. The van der Waals surface area contributed by atoms with Crippen molar-refractivity contribution in [2.75, 3.05) is 6.61 Å². The van der Waals surface area contributed by atoms with Gasteiger partial charge in [-0.2, -0.15) is 17.6 Å². The van der Waals surface area contributed by atoms with Gasteiger partial charge in [0.05, 0.1) is 6.61 Å². The van der Waals surface area contributed by atoms with Crippen LogP contribution >= 0.6 is 0 Å². The van der Waals surface area contributed by atoms with Crippen molar-refractivity contribution in [1.82, 2.24) is 0 Å². The van der Waals surface area contributed by atoms with Crippen LogP contribution in [0, 0.1) is 0 Å². The van der Waals surface area contributed by atoms with Crippen molar-refractivity contribution in [2.45, 2.75) is 31.6 Å². The van der Waals surface area contributed by atoms with Gasteiger partial charge in [0, 0.05) is 6.42 Å². The fraction of sp³-hybridized carbons (Fsp3) is 0.857. The second kappa shape index (κ2) is 4.47. The van der Waals surface area contributed by atoms with Crippen molar-refractivity contribution in [3.8, 4) is 0 Å². The molecule has 0 unspecified atom stereocenters. The van der Waals surface area contributed by atoms with E-state index in [1.165, 1.54) is 6.92 Å². The first-order chi connectivity index (χ1) is 6.23. The van der Waals surface area contributed by atoms with Gasteiger partial charge in [-0.3, -0.25) is 0 Å². The smallest absolute Gasteiger partial charge is 0.327 e. The van der Waals surface area contributed by atoms with E-state index in [1.807, 2.05) is 0 Å². The molecular weight excluding hydrogens is 208 g/mol. The molecule has 0 radical (unpaired) electrons. The topological polar surface area (TPSA) is 49.4 Å². The fourth-order valence-electron chi connectivity index (χ4n) is 0.752. The average Bonchev–Trinajstić information content (AvgIpc) is 2.00. The molecule has 0 N–H and O–H groups in total. The molecule has 0 aliphatic rings. The molecule has 0 rings (SSSR count). The maximum atomic E-state index is 12.6. The number of carboxylic acid groups (broad SMARTS) is 1. The van der Waals surface area contributed by atoms with Crippen molar-refractivity contribution >= 4 is 6.16 Å². The minimum atomic E-state index is -4.50. The molecule has 0 aromatic carbocycles. The van der Waals surface area contributed by atoms with Crippen LogP contribution in [0.15, 0.2) is 0 Å². The van der Waals surface area contributed by atoms with E-state index in [-0.39, 0.29) is 6.42 Å². The Morgan fingerprint density at radius 2 is 1.79 bits per heavy atom. The molecule has 14 heavy (non-hydrogen) atoms. The van der Waals surface area contributed by atoms with Gasteiger partial charge in [-0.1, -0.05) is 13.3 Å². The number of halogens is 4. The Labute approximate surface area is 77.7 Å². The van der Waals surface area contributed by atoms with Crippen LogP contribution in [0.2, 0.25) is 0 Å². The molecule has 0 saturated carbocycles. The Bertz CT molecular complexity index is 205. The minimum absolute atomic E-state index is 0.145. The quantitative estimate of drug-likeness (QED) is 0.516. The third kappa shape index (κ3) is 3.39. The molecule has 0 spiro atoms. The first kappa shape index (κ1) is 13.0. The summed E-state index contributed by atoms with van der Waals surface area (Å²) in [6, 6.07) is 0. The molecular formula is C7H9F4O3-. The average molecular weight is 217 g/mol. The minimum Gasteiger partial charge on any atom is -0.543 e. The number of carbonyl (C=O) groups is 1. The van der Waals surface area contributed by atoms with E-state index in [4.69, 9.17) is 0 Å². The number of rotatable bonds is 5. The van der Waals surface area contributed by atoms with Crippen molar-refractivity contribution in [2.24, 2.45) is 0 Å². The number of hydrogen-bond acceptors (Lipinski definition) is 3. The van der Waals surface area contributed by atoms with Crippen LogP contribution in [0.25, 0.3) is 0 Å². The normalized spacial score (nSPS) is 12.6. The van der Waals surface area contributed by atoms with Crippen LogP contribution in [-0.2, 0) is 4.74 Å². The summed E-state index contributed by atoms with van der Waals surface area (Å²) in [5.74, 6) is -8.76. The molecule has 7 heteroatoms. The Morgan fingerprint density at radius 3 is 2.14 bits per heavy atom. The summed E-state index contributed by atoms with van der Waals surface area (Å²) in [5, 5.41) is 9.62. The summed E-state index contributed by atoms with van der Waals surface area (Å²) >= 11 is 0. The molecule has 0 fully saturated rings. The molecule has 0 atom stereocenters. The zero-order chi connectivity index (χ0) is 11.4. The van der Waals surface area contributed by atoms with E-state index in [1.54, 1.807) is 0 Å². The lowest BCUT2D eigenvalue weighted by Gasteiger charge is -2.27. The number of ether oxygens (including phenoxy) is 1. The maximum Gasteiger partial charge on any atom is 0.327 e. The van der Waals surface area contributed by atoms with Crippen molar-refractivity contribution in [1.29, 1.82) is 0 Å². The Kier molecular flexibility index (Phi) is 4.15. The largest absolute Gasteiger partial charge is 0.543 e. The Hall–Kier alpha value is -1.01. The highest BCUT2D eigenvalue weighted by molar-refractivity contribution is 5.54. The maximum absolute atomic E-state index is 12.6. The second-order valence-corrected chi connectivity index (χ2v) is 2.70. The predicted molar refractivity (Wildman–Crippen MR) is 36.2 cm³/mol. The van der Waals surface area contributed by atoms with E-state index in [0.717, 1.165) is 0 Å². The SMILES string of the molecule is CCCC(F)(F)C(F)(F)COC(=O)[O-]. The lowest BCUT2D eigenvalue weighted by molar-refractivity contribution is -0.298. The summed E-state index contributed by atoms with van der Waals surface area (Å²) in [7, 11) is 0. The monoisotopic (exact) mass is 217 g/mol. The fourth-order valence-corrected chi connectivity index (χ4v) is 0.752. The third-order valence-corrected chi connectivity index (χ3v) is 1.47. The molecule has 3 nitrogen and oxygen atoms in total. The van der Waals surface area contributed by atoms with Gasteiger partial charge in [0.25, 0.3) is 6.16 Å². The van der Waals surface area contributed by atoms with Gasteiger partial charge in [-0.15, -0.1) is 0 Å². The van der Waals surface area contributed by atoms with Crippen molar-refractivity contribution in [3.05, 3.63) is 0 Å². The van der Waals surface area contributed by atoms with Gasteiger partial charge in [-0.25, -0.2) is 0 Å². The summed E-state index contributed by atoms with van der Waals surface area (Å²) in [5.41, 5.74) is 0. The second-order valence-electron chi connectivity index (χ2n) is 2.70. The number of carbonyl (C=O) groups excluding carboxylic acids is 1. The Balaban J connectivity index is 4.34. The summed E-state index contributed by atoms with van der Waals surface area (Å²) in [6.45, 7) is -0.577. The van der Waals surface area contributed by atoms with E-state index < -0.39 is 31.0 Å². The highest BCUT2D eigenvalue weighted by atomic mass is 19.3. The number of alkyl halides is 4. The van der Waals surface area contributed by atoms with Gasteiger partial charge in [0.1, 0.15) is 0 Å². The van der Waals surface area contributed by atoms with E-state index >= 15 is 0 Å². The van der Waals surface area contributed by atoms with Crippen LogP contribution in [-0.4, -0.2) is 24.6 Å². The molecule has 0 aromatic rings. The summed E-state index contributed by atoms with van der Waals surface area (Å²) in [6.07, 6.45) is -3.43.